The van der Waals surface area contributed by atoms with E-state index in [2.05, 4.69) is 10.6 Å². The molecule has 0 radical (unpaired) electrons. The van der Waals surface area contributed by atoms with Crippen LogP contribution in [0.5, 0.6) is 0 Å². The minimum Gasteiger partial charge on any atom is -0.396 e. The van der Waals surface area contributed by atoms with Crippen molar-refractivity contribution in [3.05, 3.63) is 16.5 Å². The van der Waals surface area contributed by atoms with E-state index in [1.807, 2.05) is 19.9 Å². The molecule has 0 atom stereocenters. The van der Waals surface area contributed by atoms with E-state index in [1.54, 1.807) is 0 Å². The first-order chi connectivity index (χ1) is 9.18. The van der Waals surface area contributed by atoms with E-state index < -0.39 is 15.7 Å². The van der Waals surface area contributed by atoms with Crippen molar-refractivity contribution in [3.63, 3.8) is 0 Å². The second kappa shape index (κ2) is 6.27. The van der Waals surface area contributed by atoms with Crippen LogP contribution in [-0.2, 0) is 9.84 Å². The SMILES string of the molecule is CNC(=O)c1sc(NCC=C(C)C)c(S(C)(=O)=O)c1N. The number of carbonyl (C=O) groups excluding carboxylic acids is 1. The average molecular weight is 317 g/mol. The maximum Gasteiger partial charge on any atom is 0.263 e. The lowest BCUT2D eigenvalue weighted by Crippen LogP contribution is -2.18. The van der Waals surface area contributed by atoms with Crippen molar-refractivity contribution in [2.45, 2.75) is 18.7 Å². The zero-order chi connectivity index (χ0) is 15.5. The van der Waals surface area contributed by atoms with Crippen LogP contribution in [0, 0.1) is 0 Å². The summed E-state index contributed by atoms with van der Waals surface area (Å²) in [6.07, 6.45) is 2.99. The van der Waals surface area contributed by atoms with Crippen LogP contribution in [0.15, 0.2) is 16.5 Å². The number of thiophene rings is 1. The van der Waals surface area contributed by atoms with Crippen LogP contribution in [-0.4, -0.2) is 34.2 Å². The van der Waals surface area contributed by atoms with Gasteiger partial charge in [0.2, 0.25) is 0 Å². The number of rotatable bonds is 5. The van der Waals surface area contributed by atoms with Gasteiger partial charge in [-0.25, -0.2) is 8.42 Å². The molecule has 0 unspecified atom stereocenters. The standard InChI is InChI=1S/C12H19N3O3S2/c1-7(2)5-6-15-12-10(20(4,17)18)8(13)9(19-12)11(16)14-3/h5,15H,6,13H2,1-4H3,(H,14,16). The second-order valence-corrected chi connectivity index (χ2v) is 7.49. The summed E-state index contributed by atoms with van der Waals surface area (Å²) in [6.45, 7) is 4.35. The van der Waals surface area contributed by atoms with E-state index in [0.29, 0.717) is 11.5 Å². The Morgan fingerprint density at radius 1 is 1.40 bits per heavy atom. The molecule has 0 fully saturated rings. The number of carbonyl (C=O) groups is 1. The van der Waals surface area contributed by atoms with Crippen LogP contribution >= 0.6 is 11.3 Å². The molecule has 4 N–H and O–H groups in total. The minimum absolute atomic E-state index is 0.00319. The van der Waals surface area contributed by atoms with Crippen LogP contribution < -0.4 is 16.4 Å². The van der Waals surface area contributed by atoms with Crippen LogP contribution in [0.2, 0.25) is 0 Å². The quantitative estimate of drug-likeness (QED) is 0.714. The van der Waals surface area contributed by atoms with Crippen LogP contribution in [0.4, 0.5) is 10.7 Å². The van der Waals surface area contributed by atoms with Crippen LogP contribution in [0.3, 0.4) is 0 Å². The summed E-state index contributed by atoms with van der Waals surface area (Å²) in [5.41, 5.74) is 6.92. The Balaban J connectivity index is 3.28. The van der Waals surface area contributed by atoms with Gasteiger partial charge in [0.05, 0.1) is 5.69 Å². The number of anilines is 2. The molecule has 0 aliphatic carbocycles. The maximum absolute atomic E-state index is 11.8. The van der Waals surface area contributed by atoms with E-state index in [1.165, 1.54) is 7.05 Å². The van der Waals surface area contributed by atoms with Gasteiger partial charge >= 0.3 is 0 Å². The van der Waals surface area contributed by atoms with Crippen molar-refractivity contribution in [2.75, 3.05) is 30.9 Å². The number of hydrogen-bond acceptors (Lipinski definition) is 6. The lowest BCUT2D eigenvalue weighted by atomic mass is 10.3. The summed E-state index contributed by atoms with van der Waals surface area (Å²) in [5.74, 6) is -0.396. The normalized spacial score (nSPS) is 11.0. The van der Waals surface area contributed by atoms with Gasteiger partial charge in [-0.3, -0.25) is 4.79 Å². The number of allylic oxidation sites excluding steroid dienone is 1. The highest BCUT2D eigenvalue weighted by molar-refractivity contribution is 7.91. The molecule has 1 heterocycles. The van der Waals surface area contributed by atoms with Gasteiger partial charge in [0.15, 0.2) is 9.84 Å². The molecule has 8 heteroatoms. The minimum atomic E-state index is -3.51. The first-order valence-electron chi connectivity index (χ1n) is 5.90. The molecule has 20 heavy (non-hydrogen) atoms. The van der Waals surface area contributed by atoms with Gasteiger partial charge in [-0.15, -0.1) is 11.3 Å². The highest BCUT2D eigenvalue weighted by Gasteiger charge is 2.26. The van der Waals surface area contributed by atoms with E-state index in [9.17, 15) is 13.2 Å². The fourth-order valence-corrected chi connectivity index (χ4v) is 4.07. The van der Waals surface area contributed by atoms with E-state index >= 15 is 0 Å². The van der Waals surface area contributed by atoms with Crippen molar-refractivity contribution < 1.29 is 13.2 Å². The molecule has 0 spiro atoms. The third-order valence-corrected chi connectivity index (χ3v) is 4.93. The molecule has 1 rings (SSSR count). The van der Waals surface area contributed by atoms with Crippen LogP contribution in [0.1, 0.15) is 23.5 Å². The lowest BCUT2D eigenvalue weighted by molar-refractivity contribution is 0.0968. The molecule has 112 valence electrons. The molecule has 1 aromatic heterocycles. The monoisotopic (exact) mass is 317 g/mol. The zero-order valence-electron chi connectivity index (χ0n) is 11.9. The molecule has 1 amide bonds. The van der Waals surface area contributed by atoms with Crippen molar-refractivity contribution in [1.29, 1.82) is 0 Å². The molecule has 0 saturated carbocycles. The highest BCUT2D eigenvalue weighted by atomic mass is 32.2. The highest BCUT2D eigenvalue weighted by Crippen LogP contribution is 2.39. The second-order valence-electron chi connectivity index (χ2n) is 4.52. The van der Waals surface area contributed by atoms with Gasteiger partial charge in [0.25, 0.3) is 5.91 Å². The Hall–Kier alpha value is -1.54. The van der Waals surface area contributed by atoms with Gasteiger partial charge in [-0.1, -0.05) is 11.6 Å². The molecular formula is C12H19N3O3S2. The van der Waals surface area contributed by atoms with Gasteiger partial charge in [0, 0.05) is 19.8 Å². The number of hydrogen-bond donors (Lipinski definition) is 3. The predicted molar refractivity (Wildman–Crippen MR) is 83.2 cm³/mol. The maximum atomic E-state index is 11.8. The van der Waals surface area contributed by atoms with Crippen molar-refractivity contribution in [3.8, 4) is 0 Å². The summed E-state index contributed by atoms with van der Waals surface area (Å²) in [6, 6.07) is 0. The van der Waals surface area contributed by atoms with E-state index in [0.717, 1.165) is 23.2 Å². The summed E-state index contributed by atoms with van der Waals surface area (Å²) < 4.78 is 23.7. The summed E-state index contributed by atoms with van der Waals surface area (Å²) in [7, 11) is -2.04. The van der Waals surface area contributed by atoms with Crippen molar-refractivity contribution in [1.82, 2.24) is 5.32 Å². The molecule has 0 aliphatic rings. The first-order valence-corrected chi connectivity index (χ1v) is 8.61. The molecular weight excluding hydrogens is 298 g/mol. The van der Waals surface area contributed by atoms with Crippen molar-refractivity contribution in [2.24, 2.45) is 0 Å². The number of nitrogens with two attached hydrogens (primary N) is 1. The third-order valence-electron chi connectivity index (χ3n) is 2.48. The number of nitrogens with one attached hydrogen (secondary N) is 2. The Labute approximate surface area is 123 Å². The van der Waals surface area contributed by atoms with E-state index in [-0.39, 0.29) is 15.5 Å². The molecule has 0 aliphatic heterocycles. The molecule has 6 nitrogen and oxygen atoms in total. The smallest absolute Gasteiger partial charge is 0.263 e. The fourth-order valence-electron chi connectivity index (χ4n) is 1.54. The zero-order valence-corrected chi connectivity index (χ0v) is 13.5. The Bertz CT molecular complexity index is 641. The Kier molecular flexibility index (Phi) is 5.18. The first kappa shape index (κ1) is 16.5. The van der Waals surface area contributed by atoms with Gasteiger partial charge in [-0.05, 0) is 13.8 Å². The molecule has 1 aromatic rings. The largest absolute Gasteiger partial charge is 0.396 e. The Morgan fingerprint density at radius 2 is 2.00 bits per heavy atom. The van der Waals surface area contributed by atoms with E-state index in [4.69, 9.17) is 5.73 Å². The fraction of sp³-hybridized carbons (Fsp3) is 0.417. The summed E-state index contributed by atoms with van der Waals surface area (Å²) >= 11 is 1.04. The van der Waals surface area contributed by atoms with Gasteiger partial charge < -0.3 is 16.4 Å². The summed E-state index contributed by atoms with van der Waals surface area (Å²) in [4.78, 5) is 11.9. The summed E-state index contributed by atoms with van der Waals surface area (Å²) in [5, 5.41) is 5.83. The third kappa shape index (κ3) is 3.73. The molecule has 0 saturated heterocycles. The lowest BCUT2D eigenvalue weighted by Gasteiger charge is -2.04. The number of nitrogen functional groups attached to an aromatic ring is 1. The predicted octanol–water partition coefficient (Wildman–Crippen LogP) is 1.47. The topological polar surface area (TPSA) is 101 Å². The van der Waals surface area contributed by atoms with Crippen molar-refractivity contribution >= 4 is 37.8 Å². The molecule has 0 bridgehead atoms. The molecule has 0 aromatic carbocycles. The van der Waals surface area contributed by atoms with Gasteiger partial charge in [0.1, 0.15) is 14.8 Å². The van der Waals surface area contributed by atoms with Gasteiger partial charge in [-0.2, -0.15) is 0 Å². The number of sulfone groups is 1. The number of amides is 1. The average Bonchev–Trinajstić information content (AvgIpc) is 2.64. The van der Waals surface area contributed by atoms with Crippen LogP contribution in [0.25, 0.3) is 0 Å². The Morgan fingerprint density at radius 3 is 2.45 bits per heavy atom.